The first kappa shape index (κ1) is 17.0. The van der Waals surface area contributed by atoms with Crippen molar-refractivity contribution in [2.24, 2.45) is 5.92 Å². The van der Waals surface area contributed by atoms with Crippen molar-refractivity contribution >= 4 is 11.8 Å². The second-order valence-electron chi connectivity index (χ2n) is 6.22. The molecule has 0 spiro atoms. The SMILES string of the molecule is CNC(=O)c1cc(C(=O)N[C@H]2C[C@@H]2C)cnc1OCc1ccccc1. The van der Waals surface area contributed by atoms with E-state index in [0.29, 0.717) is 18.1 Å². The fourth-order valence-corrected chi connectivity index (χ4v) is 2.49. The molecule has 2 amide bonds. The van der Waals surface area contributed by atoms with Crippen LogP contribution in [0.1, 0.15) is 39.6 Å². The maximum absolute atomic E-state index is 12.3. The van der Waals surface area contributed by atoms with Crippen molar-refractivity contribution in [1.82, 2.24) is 15.6 Å². The molecule has 1 heterocycles. The summed E-state index contributed by atoms with van der Waals surface area (Å²) < 4.78 is 5.69. The molecule has 0 radical (unpaired) electrons. The molecule has 0 bridgehead atoms. The van der Waals surface area contributed by atoms with Crippen molar-refractivity contribution in [1.29, 1.82) is 0 Å². The highest BCUT2D eigenvalue weighted by molar-refractivity contribution is 6.00. The van der Waals surface area contributed by atoms with Crippen molar-refractivity contribution in [3.63, 3.8) is 0 Å². The minimum atomic E-state index is -0.343. The molecule has 6 nitrogen and oxygen atoms in total. The zero-order chi connectivity index (χ0) is 17.8. The number of hydrogen-bond acceptors (Lipinski definition) is 4. The van der Waals surface area contributed by atoms with Crippen molar-refractivity contribution in [3.05, 3.63) is 59.3 Å². The number of amides is 2. The van der Waals surface area contributed by atoms with Gasteiger partial charge < -0.3 is 15.4 Å². The summed E-state index contributed by atoms with van der Waals surface area (Å²) in [5.41, 5.74) is 1.57. The summed E-state index contributed by atoms with van der Waals surface area (Å²) in [6.07, 6.45) is 2.43. The van der Waals surface area contributed by atoms with E-state index in [9.17, 15) is 9.59 Å². The van der Waals surface area contributed by atoms with Crippen molar-refractivity contribution < 1.29 is 14.3 Å². The Morgan fingerprint density at radius 2 is 1.96 bits per heavy atom. The Balaban J connectivity index is 1.77. The second kappa shape index (κ2) is 7.34. The summed E-state index contributed by atoms with van der Waals surface area (Å²) in [4.78, 5) is 28.6. The quantitative estimate of drug-likeness (QED) is 0.845. The molecule has 1 aliphatic rings. The number of nitrogens with zero attached hydrogens (tertiary/aromatic N) is 1. The van der Waals surface area contributed by atoms with Crippen LogP contribution in [0, 0.1) is 5.92 Å². The Labute approximate surface area is 146 Å². The molecule has 6 heteroatoms. The second-order valence-corrected chi connectivity index (χ2v) is 6.22. The lowest BCUT2D eigenvalue weighted by Crippen LogP contribution is -2.27. The number of pyridine rings is 1. The lowest BCUT2D eigenvalue weighted by molar-refractivity contribution is 0.0949. The molecule has 0 aliphatic heterocycles. The van der Waals surface area contributed by atoms with Gasteiger partial charge in [-0.05, 0) is 24.0 Å². The Morgan fingerprint density at radius 1 is 1.24 bits per heavy atom. The summed E-state index contributed by atoms with van der Waals surface area (Å²) in [6.45, 7) is 2.38. The van der Waals surface area contributed by atoms with E-state index in [1.165, 1.54) is 19.3 Å². The van der Waals surface area contributed by atoms with Gasteiger partial charge in [-0.25, -0.2) is 4.98 Å². The maximum Gasteiger partial charge on any atom is 0.256 e. The van der Waals surface area contributed by atoms with Crippen LogP contribution in [0.4, 0.5) is 0 Å². The Morgan fingerprint density at radius 3 is 2.60 bits per heavy atom. The zero-order valence-corrected chi connectivity index (χ0v) is 14.3. The molecule has 1 fully saturated rings. The van der Waals surface area contributed by atoms with Crippen LogP contribution in [0.3, 0.4) is 0 Å². The van der Waals surface area contributed by atoms with Gasteiger partial charge in [-0.1, -0.05) is 37.3 Å². The number of benzene rings is 1. The number of carbonyl (C=O) groups excluding carboxylic acids is 2. The smallest absolute Gasteiger partial charge is 0.256 e. The largest absolute Gasteiger partial charge is 0.472 e. The number of nitrogens with one attached hydrogen (secondary N) is 2. The van der Waals surface area contributed by atoms with E-state index < -0.39 is 0 Å². The first-order chi connectivity index (χ1) is 12.1. The predicted octanol–water partition coefficient (Wildman–Crippen LogP) is 2.16. The molecule has 1 aromatic heterocycles. The highest BCUT2D eigenvalue weighted by Crippen LogP contribution is 2.29. The summed E-state index contributed by atoms with van der Waals surface area (Å²) >= 11 is 0. The van der Waals surface area contributed by atoms with Gasteiger partial charge in [0.1, 0.15) is 12.2 Å². The summed E-state index contributed by atoms with van der Waals surface area (Å²) in [6, 6.07) is 11.3. The molecule has 25 heavy (non-hydrogen) atoms. The lowest BCUT2D eigenvalue weighted by Gasteiger charge is -2.11. The molecule has 2 N–H and O–H groups in total. The van der Waals surface area contributed by atoms with E-state index in [1.807, 2.05) is 30.3 Å². The molecule has 2 atom stereocenters. The van der Waals surface area contributed by atoms with Gasteiger partial charge >= 0.3 is 0 Å². The van der Waals surface area contributed by atoms with Gasteiger partial charge in [0.05, 0.1) is 5.56 Å². The van der Waals surface area contributed by atoms with Gasteiger partial charge in [0.2, 0.25) is 5.88 Å². The molecule has 2 aromatic rings. The van der Waals surface area contributed by atoms with E-state index in [4.69, 9.17) is 4.74 Å². The minimum absolute atomic E-state index is 0.208. The fraction of sp³-hybridized carbons (Fsp3) is 0.316. The topological polar surface area (TPSA) is 80.3 Å². The minimum Gasteiger partial charge on any atom is -0.472 e. The Hall–Kier alpha value is -2.89. The van der Waals surface area contributed by atoms with Crippen molar-refractivity contribution in [3.8, 4) is 5.88 Å². The molecule has 0 unspecified atom stereocenters. The first-order valence-corrected chi connectivity index (χ1v) is 8.28. The summed E-state index contributed by atoms with van der Waals surface area (Å²) in [5.74, 6) is 0.148. The van der Waals surface area contributed by atoms with Crippen LogP contribution >= 0.6 is 0 Å². The van der Waals surface area contributed by atoms with Gasteiger partial charge in [0.15, 0.2) is 0 Å². The van der Waals surface area contributed by atoms with E-state index in [1.54, 1.807) is 0 Å². The third-order valence-electron chi connectivity index (χ3n) is 4.23. The molecular formula is C19H21N3O3. The van der Waals surface area contributed by atoms with Gasteiger partial charge in [-0.2, -0.15) is 0 Å². The average molecular weight is 339 g/mol. The third-order valence-corrected chi connectivity index (χ3v) is 4.23. The number of rotatable bonds is 6. The fourth-order valence-electron chi connectivity index (χ4n) is 2.49. The lowest BCUT2D eigenvalue weighted by atomic mass is 10.1. The van der Waals surface area contributed by atoms with Gasteiger partial charge in [0, 0.05) is 19.3 Å². The Bertz CT molecular complexity index is 777. The van der Waals surface area contributed by atoms with Crippen molar-refractivity contribution in [2.45, 2.75) is 26.0 Å². The Kier molecular flexibility index (Phi) is 4.97. The molecule has 1 aliphatic carbocycles. The molecule has 1 saturated carbocycles. The molecular weight excluding hydrogens is 318 g/mol. The summed E-state index contributed by atoms with van der Waals surface area (Å²) in [5, 5.41) is 5.49. The van der Waals surface area contributed by atoms with Crippen molar-refractivity contribution in [2.75, 3.05) is 7.05 Å². The van der Waals surface area contributed by atoms with Crippen LogP contribution in [-0.4, -0.2) is 29.9 Å². The normalized spacial score (nSPS) is 18.3. The van der Waals surface area contributed by atoms with Crippen LogP contribution in [0.15, 0.2) is 42.6 Å². The van der Waals surface area contributed by atoms with Crippen LogP contribution < -0.4 is 15.4 Å². The standard InChI is InChI=1S/C19H21N3O3/c1-12-8-16(12)22-17(23)14-9-15(18(24)20-2)19(21-10-14)25-11-13-6-4-3-5-7-13/h3-7,9-10,12,16H,8,11H2,1-2H3,(H,20,24)(H,22,23)/t12-,16-/m0/s1. The zero-order valence-electron chi connectivity index (χ0n) is 14.3. The molecule has 3 rings (SSSR count). The predicted molar refractivity (Wildman–Crippen MR) is 93.4 cm³/mol. The molecule has 130 valence electrons. The van der Waals surface area contributed by atoms with Gasteiger partial charge in [-0.15, -0.1) is 0 Å². The third kappa shape index (κ3) is 4.15. The van der Waals surface area contributed by atoms with E-state index in [-0.39, 0.29) is 29.3 Å². The van der Waals surface area contributed by atoms with Gasteiger partial charge in [-0.3, -0.25) is 9.59 Å². The van der Waals surface area contributed by atoms with E-state index in [2.05, 4.69) is 22.5 Å². The molecule has 0 saturated heterocycles. The number of carbonyl (C=O) groups is 2. The van der Waals surface area contributed by atoms with Gasteiger partial charge in [0.25, 0.3) is 11.8 Å². The highest BCUT2D eigenvalue weighted by Gasteiger charge is 2.34. The number of aromatic nitrogens is 1. The first-order valence-electron chi connectivity index (χ1n) is 8.28. The van der Waals surface area contributed by atoms with E-state index in [0.717, 1.165) is 12.0 Å². The number of ether oxygens (including phenoxy) is 1. The average Bonchev–Trinajstić information content (AvgIpc) is 3.34. The van der Waals surface area contributed by atoms with Crippen LogP contribution in [0.5, 0.6) is 5.88 Å². The summed E-state index contributed by atoms with van der Waals surface area (Å²) in [7, 11) is 1.53. The van der Waals surface area contributed by atoms with Crippen LogP contribution in [-0.2, 0) is 6.61 Å². The monoisotopic (exact) mass is 339 g/mol. The van der Waals surface area contributed by atoms with Crippen LogP contribution in [0.2, 0.25) is 0 Å². The molecule has 1 aromatic carbocycles. The maximum atomic E-state index is 12.3. The number of hydrogen-bond donors (Lipinski definition) is 2. The van der Waals surface area contributed by atoms with E-state index >= 15 is 0 Å². The highest BCUT2D eigenvalue weighted by atomic mass is 16.5. The van der Waals surface area contributed by atoms with Crippen LogP contribution in [0.25, 0.3) is 0 Å².